The topological polar surface area (TPSA) is 53.6 Å². The van der Waals surface area contributed by atoms with Crippen molar-refractivity contribution in [3.63, 3.8) is 0 Å². The lowest BCUT2D eigenvalue weighted by atomic mass is 9.75. The zero-order chi connectivity index (χ0) is 13.1. The number of hydrogen-bond acceptors (Lipinski definition) is 3. The molecule has 2 aromatic heterocycles. The van der Waals surface area contributed by atoms with E-state index >= 15 is 0 Å². The molecule has 1 aliphatic carbocycles. The fourth-order valence-electron chi connectivity index (χ4n) is 2.75. The standard InChI is InChI=1S/C15H20N4/c1-2-15(6-4-7-15)17-10-13-11-18-19-14(13)12-5-3-8-16-9-12/h3,5,8-9,11,17H,2,4,6-7,10H2,1H3,(H,18,19). The first-order valence-corrected chi connectivity index (χ1v) is 7.01. The smallest absolute Gasteiger partial charge is 0.0710 e. The van der Waals surface area contributed by atoms with Crippen molar-refractivity contribution in [3.05, 3.63) is 36.3 Å². The molecule has 19 heavy (non-hydrogen) atoms. The fourth-order valence-corrected chi connectivity index (χ4v) is 2.75. The fraction of sp³-hybridized carbons (Fsp3) is 0.467. The highest BCUT2D eigenvalue weighted by Gasteiger charge is 2.34. The Morgan fingerprint density at radius 1 is 1.37 bits per heavy atom. The Kier molecular flexibility index (Phi) is 3.34. The summed E-state index contributed by atoms with van der Waals surface area (Å²) in [6.07, 6.45) is 10.7. The van der Waals surface area contributed by atoms with E-state index in [1.807, 2.05) is 18.5 Å². The zero-order valence-electron chi connectivity index (χ0n) is 11.3. The van der Waals surface area contributed by atoms with Crippen molar-refractivity contribution < 1.29 is 0 Å². The highest BCUT2D eigenvalue weighted by atomic mass is 15.1. The van der Waals surface area contributed by atoms with E-state index in [4.69, 9.17) is 0 Å². The molecule has 2 heterocycles. The molecule has 2 N–H and O–H groups in total. The van der Waals surface area contributed by atoms with Crippen LogP contribution in [-0.4, -0.2) is 20.7 Å². The third kappa shape index (κ3) is 2.40. The average molecular weight is 256 g/mol. The predicted molar refractivity (Wildman–Crippen MR) is 75.5 cm³/mol. The van der Waals surface area contributed by atoms with Gasteiger partial charge in [0.05, 0.1) is 11.9 Å². The van der Waals surface area contributed by atoms with Crippen molar-refractivity contribution >= 4 is 0 Å². The van der Waals surface area contributed by atoms with E-state index in [0.717, 1.165) is 17.8 Å². The number of pyridine rings is 1. The summed E-state index contributed by atoms with van der Waals surface area (Å²) in [7, 11) is 0. The molecule has 0 saturated heterocycles. The van der Waals surface area contributed by atoms with E-state index in [1.54, 1.807) is 6.20 Å². The molecule has 2 aromatic rings. The minimum atomic E-state index is 0.365. The summed E-state index contributed by atoms with van der Waals surface area (Å²) in [5.41, 5.74) is 3.75. The van der Waals surface area contributed by atoms with Crippen LogP contribution in [0, 0.1) is 0 Å². The monoisotopic (exact) mass is 256 g/mol. The molecule has 0 unspecified atom stereocenters. The first-order chi connectivity index (χ1) is 9.33. The minimum Gasteiger partial charge on any atom is -0.307 e. The van der Waals surface area contributed by atoms with E-state index in [0.29, 0.717) is 5.54 Å². The van der Waals surface area contributed by atoms with E-state index in [1.165, 1.54) is 31.2 Å². The first-order valence-electron chi connectivity index (χ1n) is 7.01. The van der Waals surface area contributed by atoms with Crippen LogP contribution in [0.1, 0.15) is 38.2 Å². The predicted octanol–water partition coefficient (Wildman–Crippen LogP) is 2.89. The Bertz CT molecular complexity index is 523. The number of H-pyrrole nitrogens is 1. The van der Waals surface area contributed by atoms with Crippen LogP contribution in [-0.2, 0) is 6.54 Å². The van der Waals surface area contributed by atoms with Crippen molar-refractivity contribution in [3.8, 4) is 11.3 Å². The van der Waals surface area contributed by atoms with Crippen molar-refractivity contribution in [1.29, 1.82) is 0 Å². The number of aromatic amines is 1. The molecule has 1 saturated carbocycles. The van der Waals surface area contributed by atoms with Crippen LogP contribution in [0.4, 0.5) is 0 Å². The lowest BCUT2D eigenvalue weighted by Crippen LogP contribution is -2.49. The summed E-state index contributed by atoms with van der Waals surface area (Å²) in [6, 6.07) is 4.01. The molecule has 0 atom stereocenters. The molecule has 100 valence electrons. The maximum Gasteiger partial charge on any atom is 0.0710 e. The van der Waals surface area contributed by atoms with E-state index in [-0.39, 0.29) is 0 Å². The third-order valence-electron chi connectivity index (χ3n) is 4.31. The number of hydrogen-bond donors (Lipinski definition) is 2. The van der Waals surface area contributed by atoms with Gasteiger partial charge in [0.15, 0.2) is 0 Å². The summed E-state index contributed by atoms with van der Waals surface area (Å²) in [5, 5.41) is 11.0. The summed E-state index contributed by atoms with van der Waals surface area (Å²) in [6.45, 7) is 3.14. The van der Waals surface area contributed by atoms with Crippen LogP contribution in [0.5, 0.6) is 0 Å². The molecule has 3 rings (SSSR count). The van der Waals surface area contributed by atoms with E-state index < -0.39 is 0 Å². The van der Waals surface area contributed by atoms with Gasteiger partial charge in [0, 0.05) is 35.6 Å². The number of rotatable bonds is 5. The summed E-state index contributed by atoms with van der Waals surface area (Å²) < 4.78 is 0. The van der Waals surface area contributed by atoms with Crippen LogP contribution in [0.15, 0.2) is 30.7 Å². The Labute approximate surface area is 113 Å². The Morgan fingerprint density at radius 2 is 2.26 bits per heavy atom. The molecule has 1 aliphatic rings. The minimum absolute atomic E-state index is 0.365. The van der Waals surface area contributed by atoms with Crippen LogP contribution in [0.25, 0.3) is 11.3 Å². The zero-order valence-corrected chi connectivity index (χ0v) is 11.3. The second-order valence-corrected chi connectivity index (χ2v) is 5.35. The lowest BCUT2D eigenvalue weighted by molar-refractivity contribution is 0.175. The van der Waals surface area contributed by atoms with Crippen LogP contribution >= 0.6 is 0 Å². The van der Waals surface area contributed by atoms with Crippen molar-refractivity contribution in [2.75, 3.05) is 0 Å². The van der Waals surface area contributed by atoms with Gasteiger partial charge < -0.3 is 5.32 Å². The van der Waals surface area contributed by atoms with Crippen molar-refractivity contribution in [2.45, 2.75) is 44.7 Å². The molecule has 0 aliphatic heterocycles. The van der Waals surface area contributed by atoms with Gasteiger partial charge in [0.25, 0.3) is 0 Å². The maximum absolute atomic E-state index is 4.18. The molecule has 1 fully saturated rings. The molecular weight excluding hydrogens is 236 g/mol. The number of nitrogens with one attached hydrogen (secondary N) is 2. The molecular formula is C15H20N4. The molecule has 0 amide bonds. The largest absolute Gasteiger partial charge is 0.307 e. The molecule has 0 aromatic carbocycles. The van der Waals surface area contributed by atoms with Gasteiger partial charge in [-0.05, 0) is 37.8 Å². The van der Waals surface area contributed by atoms with Crippen LogP contribution in [0.3, 0.4) is 0 Å². The maximum atomic E-state index is 4.18. The Hall–Kier alpha value is -1.68. The second-order valence-electron chi connectivity index (χ2n) is 5.35. The van der Waals surface area contributed by atoms with E-state index in [9.17, 15) is 0 Å². The molecule has 0 bridgehead atoms. The van der Waals surface area contributed by atoms with Gasteiger partial charge in [-0.2, -0.15) is 5.10 Å². The highest BCUT2D eigenvalue weighted by molar-refractivity contribution is 5.61. The number of nitrogens with zero attached hydrogens (tertiary/aromatic N) is 2. The van der Waals surface area contributed by atoms with Gasteiger partial charge in [-0.25, -0.2) is 0 Å². The lowest BCUT2D eigenvalue weighted by Gasteiger charge is -2.42. The van der Waals surface area contributed by atoms with Gasteiger partial charge >= 0.3 is 0 Å². The normalized spacial score (nSPS) is 17.1. The third-order valence-corrected chi connectivity index (χ3v) is 4.31. The van der Waals surface area contributed by atoms with Gasteiger partial charge in [-0.3, -0.25) is 10.1 Å². The molecule has 0 spiro atoms. The van der Waals surface area contributed by atoms with Gasteiger partial charge in [0.1, 0.15) is 0 Å². The highest BCUT2D eigenvalue weighted by Crippen LogP contribution is 2.35. The van der Waals surface area contributed by atoms with Gasteiger partial charge in [-0.1, -0.05) is 6.92 Å². The van der Waals surface area contributed by atoms with Gasteiger partial charge in [0.2, 0.25) is 0 Å². The summed E-state index contributed by atoms with van der Waals surface area (Å²) in [4.78, 5) is 4.17. The van der Waals surface area contributed by atoms with Crippen LogP contribution in [0.2, 0.25) is 0 Å². The first kappa shape index (κ1) is 12.4. The summed E-state index contributed by atoms with van der Waals surface area (Å²) in [5.74, 6) is 0. The number of aromatic nitrogens is 3. The van der Waals surface area contributed by atoms with Crippen molar-refractivity contribution in [1.82, 2.24) is 20.5 Å². The molecule has 4 heteroatoms. The SMILES string of the molecule is CCC1(NCc2cn[nH]c2-c2cccnc2)CCC1. The van der Waals surface area contributed by atoms with Gasteiger partial charge in [-0.15, -0.1) is 0 Å². The molecule has 4 nitrogen and oxygen atoms in total. The average Bonchev–Trinajstić information content (AvgIpc) is 2.87. The summed E-state index contributed by atoms with van der Waals surface area (Å²) >= 11 is 0. The van der Waals surface area contributed by atoms with E-state index in [2.05, 4.69) is 33.5 Å². The Balaban J connectivity index is 1.74. The Morgan fingerprint density at radius 3 is 2.89 bits per heavy atom. The second kappa shape index (κ2) is 5.13. The quantitative estimate of drug-likeness (QED) is 0.865. The van der Waals surface area contributed by atoms with Crippen LogP contribution < -0.4 is 5.32 Å². The molecule has 0 radical (unpaired) electrons. The van der Waals surface area contributed by atoms with Crippen molar-refractivity contribution in [2.24, 2.45) is 0 Å².